The summed E-state index contributed by atoms with van der Waals surface area (Å²) in [7, 11) is 0. The Hall–Kier alpha value is -1.63. The van der Waals surface area contributed by atoms with Gasteiger partial charge in [-0.1, -0.05) is 29.3 Å². The van der Waals surface area contributed by atoms with Gasteiger partial charge in [-0.3, -0.25) is 4.79 Å². The number of hydrogen-bond acceptors (Lipinski definition) is 4. The van der Waals surface area contributed by atoms with E-state index in [1.54, 1.807) is 25.1 Å². The number of benzene rings is 1. The van der Waals surface area contributed by atoms with Crippen LogP contribution in [0, 0.1) is 6.92 Å². The van der Waals surface area contributed by atoms with E-state index in [2.05, 4.69) is 20.7 Å². The monoisotopic (exact) mass is 353 g/mol. The fraction of sp³-hybridized carbons (Fsp3) is 0.400. The van der Waals surface area contributed by atoms with Crippen LogP contribution in [0.2, 0.25) is 10.0 Å². The van der Waals surface area contributed by atoms with Crippen molar-refractivity contribution < 1.29 is 4.79 Å². The van der Waals surface area contributed by atoms with Crippen LogP contribution in [0.25, 0.3) is 5.69 Å². The summed E-state index contributed by atoms with van der Waals surface area (Å²) in [5.74, 6) is 0.375. The molecule has 0 saturated carbocycles. The highest BCUT2D eigenvalue weighted by Crippen LogP contribution is 2.28. The first-order valence-electron chi connectivity index (χ1n) is 7.46. The van der Waals surface area contributed by atoms with Crippen LogP contribution >= 0.6 is 23.2 Å². The quantitative estimate of drug-likeness (QED) is 0.888. The predicted molar refractivity (Wildman–Crippen MR) is 89.5 cm³/mol. The summed E-state index contributed by atoms with van der Waals surface area (Å²) in [6, 6.07) is 5.30. The summed E-state index contributed by atoms with van der Waals surface area (Å²) in [4.78, 5) is 16.6. The minimum absolute atomic E-state index is 0.104. The van der Waals surface area contributed by atoms with E-state index in [-0.39, 0.29) is 17.8 Å². The average Bonchev–Trinajstić information content (AvgIpc) is 2.90. The minimum atomic E-state index is -0.288. The van der Waals surface area contributed by atoms with Gasteiger partial charge in [-0.25, -0.2) is 9.67 Å². The van der Waals surface area contributed by atoms with Crippen LogP contribution in [0.5, 0.6) is 0 Å². The standard InChI is InChI=1S/C15H17Cl2N5O/c1-9-19-14(15(23)20-10-4-3-7-18-8-10)21-22(9)13-11(16)5-2-6-12(13)17/h2,5-6,10,18H,3-4,7-8H2,1H3,(H,20,23). The number of piperidine rings is 1. The zero-order valence-electron chi connectivity index (χ0n) is 12.6. The zero-order valence-corrected chi connectivity index (χ0v) is 14.2. The van der Waals surface area contributed by atoms with Crippen LogP contribution < -0.4 is 10.6 Å². The molecular formula is C15H17Cl2N5O. The number of aromatic nitrogens is 3. The Morgan fingerprint density at radius 3 is 2.78 bits per heavy atom. The second kappa shape index (κ2) is 6.86. The summed E-state index contributed by atoms with van der Waals surface area (Å²) < 4.78 is 1.50. The molecule has 8 heteroatoms. The molecule has 1 amide bonds. The molecule has 0 radical (unpaired) electrons. The van der Waals surface area contributed by atoms with Crippen molar-refractivity contribution in [2.24, 2.45) is 0 Å². The first kappa shape index (κ1) is 16.2. The number of para-hydroxylation sites is 1. The van der Waals surface area contributed by atoms with Crippen molar-refractivity contribution in [2.75, 3.05) is 13.1 Å². The van der Waals surface area contributed by atoms with Crippen LogP contribution in [0.3, 0.4) is 0 Å². The van der Waals surface area contributed by atoms with E-state index in [0.717, 1.165) is 25.9 Å². The third-order valence-corrected chi connectivity index (χ3v) is 4.36. The summed E-state index contributed by atoms with van der Waals surface area (Å²) in [6.45, 7) is 3.51. The van der Waals surface area contributed by atoms with E-state index in [1.807, 2.05) is 0 Å². The van der Waals surface area contributed by atoms with Gasteiger partial charge in [-0.05, 0) is 38.4 Å². The molecule has 3 rings (SSSR count). The normalized spacial score (nSPS) is 18.0. The summed E-state index contributed by atoms with van der Waals surface area (Å²) >= 11 is 12.4. The van der Waals surface area contributed by atoms with Gasteiger partial charge >= 0.3 is 0 Å². The van der Waals surface area contributed by atoms with Crippen molar-refractivity contribution in [1.29, 1.82) is 0 Å². The molecule has 1 aliphatic rings. The van der Waals surface area contributed by atoms with Crippen LogP contribution in [0.15, 0.2) is 18.2 Å². The molecule has 0 spiro atoms. The molecule has 2 heterocycles. The maximum Gasteiger partial charge on any atom is 0.291 e. The number of halogens is 2. The summed E-state index contributed by atoms with van der Waals surface area (Å²) in [5, 5.41) is 11.4. The lowest BCUT2D eigenvalue weighted by atomic mass is 10.1. The maximum absolute atomic E-state index is 12.3. The molecule has 2 aromatic rings. The lowest BCUT2D eigenvalue weighted by Gasteiger charge is -2.23. The second-order valence-electron chi connectivity index (χ2n) is 5.48. The number of aryl methyl sites for hydroxylation is 1. The first-order chi connectivity index (χ1) is 11.1. The topological polar surface area (TPSA) is 71.8 Å². The number of amides is 1. The molecule has 1 saturated heterocycles. The van der Waals surface area contributed by atoms with E-state index in [0.29, 0.717) is 21.6 Å². The maximum atomic E-state index is 12.3. The molecule has 1 aromatic carbocycles. The van der Waals surface area contributed by atoms with Crippen molar-refractivity contribution >= 4 is 29.1 Å². The van der Waals surface area contributed by atoms with Crippen molar-refractivity contribution in [3.63, 3.8) is 0 Å². The van der Waals surface area contributed by atoms with Crippen LogP contribution in [0.1, 0.15) is 29.3 Å². The Balaban J connectivity index is 1.84. The molecule has 1 unspecified atom stereocenters. The summed E-state index contributed by atoms with van der Waals surface area (Å²) in [5.41, 5.74) is 0.527. The van der Waals surface area contributed by atoms with Gasteiger partial charge in [0.25, 0.3) is 5.91 Å². The number of nitrogens with one attached hydrogen (secondary N) is 2. The predicted octanol–water partition coefficient (Wildman–Crippen LogP) is 2.36. The van der Waals surface area contributed by atoms with Gasteiger partial charge < -0.3 is 10.6 Å². The van der Waals surface area contributed by atoms with E-state index < -0.39 is 0 Å². The van der Waals surface area contributed by atoms with E-state index in [1.165, 1.54) is 4.68 Å². The number of carbonyl (C=O) groups excluding carboxylic acids is 1. The van der Waals surface area contributed by atoms with Gasteiger partial charge in [-0.2, -0.15) is 0 Å². The van der Waals surface area contributed by atoms with Crippen LogP contribution in [-0.2, 0) is 0 Å². The molecule has 1 fully saturated rings. The van der Waals surface area contributed by atoms with Crippen LogP contribution in [-0.4, -0.2) is 39.8 Å². The van der Waals surface area contributed by atoms with Gasteiger partial charge in [-0.15, -0.1) is 5.10 Å². The largest absolute Gasteiger partial charge is 0.345 e. The second-order valence-corrected chi connectivity index (χ2v) is 6.30. The van der Waals surface area contributed by atoms with Crippen molar-refractivity contribution in [2.45, 2.75) is 25.8 Å². The van der Waals surface area contributed by atoms with Crippen molar-refractivity contribution in [3.8, 4) is 5.69 Å². The Bertz CT molecular complexity index is 704. The highest BCUT2D eigenvalue weighted by molar-refractivity contribution is 6.37. The first-order valence-corrected chi connectivity index (χ1v) is 8.21. The fourth-order valence-electron chi connectivity index (χ4n) is 2.61. The van der Waals surface area contributed by atoms with Gasteiger partial charge in [0.15, 0.2) is 0 Å². The fourth-order valence-corrected chi connectivity index (χ4v) is 3.17. The Morgan fingerprint density at radius 2 is 2.13 bits per heavy atom. The zero-order chi connectivity index (χ0) is 16.4. The Morgan fingerprint density at radius 1 is 1.39 bits per heavy atom. The molecule has 23 heavy (non-hydrogen) atoms. The molecule has 1 aromatic heterocycles. The molecule has 0 aliphatic carbocycles. The number of nitrogens with zero attached hydrogens (tertiary/aromatic N) is 3. The average molecular weight is 354 g/mol. The molecule has 2 N–H and O–H groups in total. The van der Waals surface area contributed by atoms with Gasteiger partial charge in [0.05, 0.1) is 10.0 Å². The number of carbonyl (C=O) groups is 1. The third kappa shape index (κ3) is 3.49. The molecule has 1 aliphatic heterocycles. The highest BCUT2D eigenvalue weighted by Gasteiger charge is 2.21. The van der Waals surface area contributed by atoms with E-state index in [4.69, 9.17) is 23.2 Å². The van der Waals surface area contributed by atoms with Gasteiger partial charge in [0, 0.05) is 12.6 Å². The SMILES string of the molecule is Cc1nc(C(=O)NC2CCCNC2)nn1-c1c(Cl)cccc1Cl. The highest BCUT2D eigenvalue weighted by atomic mass is 35.5. The van der Waals surface area contributed by atoms with Crippen LogP contribution in [0.4, 0.5) is 0 Å². The third-order valence-electron chi connectivity index (χ3n) is 3.75. The lowest BCUT2D eigenvalue weighted by Crippen LogP contribution is -2.45. The summed E-state index contributed by atoms with van der Waals surface area (Å²) in [6.07, 6.45) is 2.00. The van der Waals surface area contributed by atoms with E-state index >= 15 is 0 Å². The Kier molecular flexibility index (Phi) is 4.84. The minimum Gasteiger partial charge on any atom is -0.345 e. The van der Waals surface area contributed by atoms with Crippen molar-refractivity contribution in [1.82, 2.24) is 25.4 Å². The van der Waals surface area contributed by atoms with E-state index in [9.17, 15) is 4.79 Å². The smallest absolute Gasteiger partial charge is 0.291 e. The molecule has 0 bridgehead atoms. The van der Waals surface area contributed by atoms with Crippen molar-refractivity contribution in [3.05, 3.63) is 39.9 Å². The van der Waals surface area contributed by atoms with Gasteiger partial charge in [0.2, 0.25) is 5.82 Å². The molecule has 6 nitrogen and oxygen atoms in total. The lowest BCUT2D eigenvalue weighted by molar-refractivity contribution is 0.0920. The number of hydrogen-bond donors (Lipinski definition) is 2. The Labute approximate surface area is 144 Å². The molecular weight excluding hydrogens is 337 g/mol. The number of rotatable bonds is 3. The molecule has 1 atom stereocenters. The molecule has 122 valence electrons. The van der Waals surface area contributed by atoms with Gasteiger partial charge in [0.1, 0.15) is 11.5 Å².